The number of amides is 2. The van der Waals surface area contributed by atoms with Gasteiger partial charge in [-0.1, -0.05) is 39.2 Å². The van der Waals surface area contributed by atoms with Crippen LogP contribution in [0, 0.1) is 29.1 Å². The van der Waals surface area contributed by atoms with E-state index in [-0.39, 0.29) is 66.3 Å². The van der Waals surface area contributed by atoms with Crippen LogP contribution in [0.3, 0.4) is 0 Å². The van der Waals surface area contributed by atoms with Gasteiger partial charge in [-0.3, -0.25) is 19.2 Å². The smallest absolute Gasteiger partial charge is 0.408 e. The Kier molecular flexibility index (Phi) is 12.3. The molecule has 10 nitrogen and oxygen atoms in total. The molecule has 2 amide bonds. The van der Waals surface area contributed by atoms with Crippen molar-refractivity contribution in [1.29, 1.82) is 0 Å². The van der Waals surface area contributed by atoms with Gasteiger partial charge in [-0.15, -0.1) is 6.58 Å². The lowest BCUT2D eigenvalue weighted by molar-refractivity contribution is -0.144. The van der Waals surface area contributed by atoms with Crippen LogP contribution in [0.4, 0.5) is 4.79 Å². The van der Waals surface area contributed by atoms with Crippen molar-refractivity contribution in [2.24, 2.45) is 29.1 Å². The van der Waals surface area contributed by atoms with Crippen molar-refractivity contribution in [3.8, 4) is 0 Å². The number of likely N-dealkylation sites (tertiary alicyclic amines) is 1. The molecule has 2 saturated carbocycles. The highest BCUT2D eigenvalue weighted by Crippen LogP contribution is 2.65. The number of alkyl carbamates (subject to hydrolysis) is 1. The van der Waals surface area contributed by atoms with E-state index in [0.29, 0.717) is 13.0 Å². The number of ketones is 3. The van der Waals surface area contributed by atoms with Crippen LogP contribution in [0.2, 0.25) is 0 Å². The zero-order valence-electron chi connectivity index (χ0n) is 29.9. The molecule has 3 rings (SSSR count). The Morgan fingerprint density at radius 2 is 1.64 bits per heavy atom. The number of hydrogen-bond acceptors (Lipinski definition) is 8. The molecule has 0 radical (unpaired) electrons. The number of sulfone groups is 1. The number of piperidine rings is 1. The van der Waals surface area contributed by atoms with Crippen molar-refractivity contribution in [1.82, 2.24) is 10.2 Å². The average molecular weight is 679 g/mol. The predicted molar refractivity (Wildman–Crippen MR) is 181 cm³/mol. The zero-order chi connectivity index (χ0) is 35.5. The summed E-state index contributed by atoms with van der Waals surface area (Å²) in [5.41, 5.74) is -0.904. The van der Waals surface area contributed by atoms with E-state index in [4.69, 9.17) is 4.74 Å². The highest BCUT2D eigenvalue weighted by Gasteiger charge is 2.69. The molecule has 11 heteroatoms. The number of hydrogen-bond donors (Lipinski definition) is 1. The Labute approximate surface area is 282 Å². The van der Waals surface area contributed by atoms with Crippen LogP contribution in [0.1, 0.15) is 120 Å². The third-order valence-electron chi connectivity index (χ3n) is 10.4. The van der Waals surface area contributed by atoms with Crippen molar-refractivity contribution in [2.75, 3.05) is 12.3 Å². The number of carbonyl (C=O) groups excluding carboxylic acids is 5. The number of ether oxygens (including phenoxy) is 1. The molecule has 3 fully saturated rings. The standard InChI is InChI=1S/C36H58N2O8S/c1-10-11-16-24(31(41)26(39)19-15-20-47(44,45)35(5,6)7)21-27(40)30-28-25(36(28,8)9)22-38(30)32(42)29(23-17-13-12-14-18-23)37-33(43)46-34(2,3)4/h10,23-25,28-30H,1,11-22H2,2-9H3,(H,37,43)/t24?,25-,28-,29-,30+/m0/s1. The Bertz CT molecular complexity index is 1320. The minimum atomic E-state index is -3.45. The maximum Gasteiger partial charge on any atom is 0.408 e. The van der Waals surface area contributed by atoms with Gasteiger partial charge in [-0.05, 0) is 96.8 Å². The van der Waals surface area contributed by atoms with Gasteiger partial charge in [0.15, 0.2) is 21.4 Å². The maximum atomic E-state index is 14.3. The van der Waals surface area contributed by atoms with Crippen molar-refractivity contribution in [2.45, 2.75) is 142 Å². The molecule has 1 aliphatic heterocycles. The summed E-state index contributed by atoms with van der Waals surface area (Å²) in [6, 6.07) is -1.59. The number of nitrogens with one attached hydrogen (secondary N) is 1. The Hall–Kier alpha value is -2.56. The van der Waals surface area contributed by atoms with Crippen molar-refractivity contribution in [3.05, 3.63) is 12.7 Å². The summed E-state index contributed by atoms with van der Waals surface area (Å²) in [6.45, 7) is 18.4. The minimum absolute atomic E-state index is 0.0301. The average Bonchev–Trinajstić information content (AvgIpc) is 3.27. The number of Topliss-reactive ketones (excluding diaryl/α,β-unsaturated/α-hetero) is 3. The molecule has 0 spiro atoms. The number of fused-ring (bicyclic) bond motifs is 1. The molecule has 1 N–H and O–H groups in total. The third kappa shape index (κ3) is 9.54. The van der Waals surface area contributed by atoms with E-state index in [1.165, 1.54) is 0 Å². The number of carbonyl (C=O) groups is 5. The molecule has 1 heterocycles. The molecule has 2 aliphatic carbocycles. The summed E-state index contributed by atoms with van der Waals surface area (Å²) in [5, 5.41) is 2.85. The van der Waals surface area contributed by atoms with E-state index in [1.807, 2.05) is 0 Å². The lowest BCUT2D eigenvalue weighted by Crippen LogP contribution is -2.57. The van der Waals surface area contributed by atoms with Crippen molar-refractivity contribution in [3.63, 3.8) is 0 Å². The topological polar surface area (TPSA) is 144 Å². The molecule has 47 heavy (non-hydrogen) atoms. The Balaban J connectivity index is 1.80. The van der Waals surface area contributed by atoms with Crippen LogP contribution in [0.15, 0.2) is 12.7 Å². The molecule has 1 saturated heterocycles. The first-order chi connectivity index (χ1) is 21.6. The normalized spacial score (nSPS) is 24.1. The second-order valence-corrected chi connectivity index (χ2v) is 19.3. The van der Waals surface area contributed by atoms with Crippen molar-refractivity contribution < 1.29 is 37.1 Å². The van der Waals surface area contributed by atoms with Gasteiger partial charge in [0, 0.05) is 25.3 Å². The summed E-state index contributed by atoms with van der Waals surface area (Å²) >= 11 is 0. The van der Waals surface area contributed by atoms with Gasteiger partial charge < -0.3 is 15.0 Å². The highest BCUT2D eigenvalue weighted by molar-refractivity contribution is 7.92. The van der Waals surface area contributed by atoms with Gasteiger partial charge in [-0.25, -0.2) is 13.2 Å². The largest absolute Gasteiger partial charge is 0.444 e. The van der Waals surface area contributed by atoms with Gasteiger partial charge in [-0.2, -0.15) is 0 Å². The van der Waals surface area contributed by atoms with Crippen LogP contribution >= 0.6 is 0 Å². The monoisotopic (exact) mass is 678 g/mol. The molecule has 1 unspecified atom stereocenters. The van der Waals surface area contributed by atoms with Gasteiger partial charge >= 0.3 is 6.09 Å². The van der Waals surface area contributed by atoms with Gasteiger partial charge in [0.25, 0.3) is 0 Å². The van der Waals surface area contributed by atoms with Crippen LogP contribution in [0.25, 0.3) is 0 Å². The highest BCUT2D eigenvalue weighted by atomic mass is 32.2. The van der Waals surface area contributed by atoms with Crippen LogP contribution < -0.4 is 5.32 Å². The fourth-order valence-electron chi connectivity index (χ4n) is 7.43. The number of rotatable bonds is 15. The zero-order valence-corrected chi connectivity index (χ0v) is 30.7. The fourth-order valence-corrected chi connectivity index (χ4v) is 8.57. The molecule has 3 aliphatic rings. The summed E-state index contributed by atoms with van der Waals surface area (Å²) in [6.07, 6.45) is 5.81. The third-order valence-corrected chi connectivity index (χ3v) is 13.1. The van der Waals surface area contributed by atoms with E-state index in [2.05, 4.69) is 25.7 Å². The summed E-state index contributed by atoms with van der Waals surface area (Å²) in [7, 11) is -3.45. The van der Waals surface area contributed by atoms with E-state index in [9.17, 15) is 32.4 Å². The van der Waals surface area contributed by atoms with E-state index >= 15 is 0 Å². The molecule has 0 bridgehead atoms. The molecule has 0 aromatic rings. The first-order valence-corrected chi connectivity index (χ1v) is 19.0. The second kappa shape index (κ2) is 14.9. The van der Waals surface area contributed by atoms with Crippen molar-refractivity contribution >= 4 is 39.2 Å². The minimum Gasteiger partial charge on any atom is -0.444 e. The summed E-state index contributed by atoms with van der Waals surface area (Å²) < 4.78 is 29.5. The fraction of sp³-hybridized carbons (Fsp3) is 0.806. The first kappa shape index (κ1) is 38.9. The summed E-state index contributed by atoms with van der Waals surface area (Å²) in [5.74, 6) is -3.06. The van der Waals surface area contributed by atoms with Gasteiger partial charge in [0.1, 0.15) is 11.6 Å². The quantitative estimate of drug-likeness (QED) is 0.174. The van der Waals surface area contributed by atoms with Gasteiger partial charge in [0.05, 0.1) is 16.5 Å². The Morgan fingerprint density at radius 3 is 2.19 bits per heavy atom. The van der Waals surface area contributed by atoms with Crippen LogP contribution in [-0.4, -0.2) is 77.4 Å². The lowest BCUT2D eigenvalue weighted by Gasteiger charge is -2.37. The molecule has 5 atom stereocenters. The summed E-state index contributed by atoms with van der Waals surface area (Å²) in [4.78, 5) is 69.4. The van der Waals surface area contributed by atoms with Crippen LogP contribution in [0.5, 0.6) is 0 Å². The van der Waals surface area contributed by atoms with E-state index < -0.39 is 55.8 Å². The maximum absolute atomic E-state index is 14.3. The lowest BCUT2D eigenvalue weighted by atomic mass is 9.82. The first-order valence-electron chi connectivity index (χ1n) is 17.3. The van der Waals surface area contributed by atoms with E-state index in [0.717, 1.165) is 32.1 Å². The van der Waals surface area contributed by atoms with E-state index in [1.54, 1.807) is 52.5 Å². The number of nitrogens with zero attached hydrogens (tertiary/aromatic N) is 1. The number of allylic oxidation sites excluding steroid dienone is 1. The molecule has 0 aromatic carbocycles. The Morgan fingerprint density at radius 1 is 1.02 bits per heavy atom. The van der Waals surface area contributed by atoms with Crippen LogP contribution in [-0.2, 0) is 33.8 Å². The molecular weight excluding hydrogens is 620 g/mol. The molecule has 266 valence electrons. The SMILES string of the molecule is C=CCCC(CC(=O)[C@@H]1[C@@H]2[C@H](CN1C(=O)[C@@H](NC(=O)OC(C)(C)C)C1CCCCC1)C2(C)C)C(=O)C(=O)CCCS(=O)(=O)C(C)(C)C. The predicted octanol–water partition coefficient (Wildman–Crippen LogP) is 5.62. The molecular formula is C36H58N2O8S. The molecule has 0 aromatic heterocycles. The van der Waals surface area contributed by atoms with Gasteiger partial charge in [0.2, 0.25) is 11.7 Å². The second-order valence-electron chi connectivity index (χ2n) is 16.5.